The van der Waals surface area contributed by atoms with E-state index in [0.717, 1.165) is 0 Å². The second-order valence-electron chi connectivity index (χ2n) is 1.72. The summed E-state index contributed by atoms with van der Waals surface area (Å²) in [6, 6.07) is 0. The number of rotatable bonds is 3. The van der Waals surface area contributed by atoms with Crippen LogP contribution in [0.2, 0.25) is 0 Å². The lowest BCUT2D eigenvalue weighted by atomic mass is 10.2. The summed E-state index contributed by atoms with van der Waals surface area (Å²) in [6.45, 7) is 5.29. The molecule has 2 heteroatoms. The first kappa shape index (κ1) is 8.69. The van der Waals surface area contributed by atoms with Gasteiger partial charge in [-0.2, -0.15) is 0 Å². The zero-order valence-electron chi connectivity index (χ0n) is 6.00. The number of amides is 1. The predicted octanol–water partition coefficient (Wildman–Crippen LogP) is 1.16. The van der Waals surface area contributed by atoms with E-state index in [1.165, 1.54) is 6.08 Å². The quantitative estimate of drug-likeness (QED) is 0.460. The maximum absolute atomic E-state index is 10.5. The van der Waals surface area contributed by atoms with Gasteiger partial charge in [0.1, 0.15) is 0 Å². The molecule has 1 amide bonds. The standard InChI is InChI=1S/C8H11NO/c1-3-5-6-7(4-2)8(9)10/h3-6H,2H2,1H3,(H2,9,10). The van der Waals surface area contributed by atoms with Crippen molar-refractivity contribution in [2.45, 2.75) is 6.92 Å². The van der Waals surface area contributed by atoms with Crippen molar-refractivity contribution in [3.05, 3.63) is 36.5 Å². The van der Waals surface area contributed by atoms with Crippen LogP contribution < -0.4 is 5.73 Å². The van der Waals surface area contributed by atoms with E-state index in [2.05, 4.69) is 6.58 Å². The summed E-state index contributed by atoms with van der Waals surface area (Å²) >= 11 is 0. The van der Waals surface area contributed by atoms with Crippen LogP contribution >= 0.6 is 0 Å². The van der Waals surface area contributed by atoms with Crippen LogP contribution in [0, 0.1) is 0 Å². The van der Waals surface area contributed by atoms with Gasteiger partial charge in [0.25, 0.3) is 0 Å². The molecule has 0 aliphatic rings. The van der Waals surface area contributed by atoms with Gasteiger partial charge < -0.3 is 5.73 Å². The Morgan fingerprint density at radius 2 is 2.20 bits per heavy atom. The van der Waals surface area contributed by atoms with Crippen LogP contribution in [-0.4, -0.2) is 5.91 Å². The maximum atomic E-state index is 10.5. The van der Waals surface area contributed by atoms with Crippen LogP contribution in [0.4, 0.5) is 0 Å². The highest BCUT2D eigenvalue weighted by Crippen LogP contribution is 1.93. The molecule has 0 aromatic rings. The molecule has 2 nitrogen and oxygen atoms in total. The normalized spacial score (nSPS) is 11.9. The summed E-state index contributed by atoms with van der Waals surface area (Å²) in [7, 11) is 0. The molecule has 0 heterocycles. The fourth-order valence-electron chi connectivity index (χ4n) is 0.451. The summed E-state index contributed by atoms with van der Waals surface area (Å²) in [4.78, 5) is 10.5. The van der Waals surface area contributed by atoms with Crippen LogP contribution in [0.5, 0.6) is 0 Å². The van der Waals surface area contributed by atoms with Crippen molar-refractivity contribution in [1.82, 2.24) is 0 Å². The molecule has 0 fully saturated rings. The van der Waals surface area contributed by atoms with Gasteiger partial charge in [-0.1, -0.05) is 24.8 Å². The van der Waals surface area contributed by atoms with Crippen molar-refractivity contribution < 1.29 is 4.79 Å². The lowest BCUT2D eigenvalue weighted by Gasteiger charge is -1.89. The molecule has 0 spiro atoms. The Balaban J connectivity index is 4.33. The molecule has 2 N–H and O–H groups in total. The molecule has 0 aromatic carbocycles. The average Bonchev–Trinajstić information content (AvgIpc) is 1.89. The van der Waals surface area contributed by atoms with E-state index in [4.69, 9.17) is 5.73 Å². The van der Waals surface area contributed by atoms with Crippen molar-refractivity contribution in [3.8, 4) is 0 Å². The third-order valence-electron chi connectivity index (χ3n) is 0.973. The van der Waals surface area contributed by atoms with E-state index < -0.39 is 5.91 Å². The molecular formula is C8H11NO. The van der Waals surface area contributed by atoms with Crippen LogP contribution in [0.1, 0.15) is 6.92 Å². The minimum atomic E-state index is -0.451. The number of carbonyl (C=O) groups excluding carboxylic acids is 1. The van der Waals surface area contributed by atoms with Gasteiger partial charge in [0.05, 0.1) is 0 Å². The van der Waals surface area contributed by atoms with Crippen LogP contribution in [0.3, 0.4) is 0 Å². The summed E-state index contributed by atoms with van der Waals surface area (Å²) in [5, 5.41) is 0. The molecule has 0 radical (unpaired) electrons. The monoisotopic (exact) mass is 137 g/mol. The van der Waals surface area contributed by atoms with Crippen LogP contribution in [0.15, 0.2) is 36.5 Å². The van der Waals surface area contributed by atoms with Gasteiger partial charge in [-0.25, -0.2) is 0 Å². The molecular weight excluding hydrogens is 126 g/mol. The van der Waals surface area contributed by atoms with E-state index in [1.807, 2.05) is 13.0 Å². The molecule has 0 aromatic heterocycles. The Labute approximate surface area is 60.7 Å². The third kappa shape index (κ3) is 2.87. The number of nitrogens with two attached hydrogens (primary N) is 1. The second-order valence-corrected chi connectivity index (χ2v) is 1.72. The number of allylic oxidation sites excluding steroid dienone is 3. The largest absolute Gasteiger partial charge is 0.366 e. The van der Waals surface area contributed by atoms with Gasteiger partial charge in [0.15, 0.2) is 0 Å². The van der Waals surface area contributed by atoms with Gasteiger partial charge in [0, 0.05) is 5.57 Å². The maximum Gasteiger partial charge on any atom is 0.248 e. The Kier molecular flexibility index (Phi) is 3.96. The van der Waals surface area contributed by atoms with Crippen molar-refractivity contribution in [2.24, 2.45) is 5.73 Å². The highest BCUT2D eigenvalue weighted by atomic mass is 16.1. The smallest absolute Gasteiger partial charge is 0.248 e. The SMILES string of the molecule is C=CC(=CC=CC)C(N)=O. The van der Waals surface area contributed by atoms with E-state index in [0.29, 0.717) is 5.57 Å². The molecule has 0 saturated heterocycles. The molecule has 0 aliphatic carbocycles. The second kappa shape index (κ2) is 4.56. The zero-order chi connectivity index (χ0) is 7.98. The Hall–Kier alpha value is -1.31. The van der Waals surface area contributed by atoms with Crippen molar-refractivity contribution in [1.29, 1.82) is 0 Å². The third-order valence-corrected chi connectivity index (χ3v) is 0.973. The van der Waals surface area contributed by atoms with Gasteiger partial charge in [0.2, 0.25) is 5.91 Å². The Morgan fingerprint density at radius 3 is 2.50 bits per heavy atom. The number of carbonyl (C=O) groups is 1. The van der Waals surface area contributed by atoms with Gasteiger partial charge >= 0.3 is 0 Å². The van der Waals surface area contributed by atoms with Crippen LogP contribution in [0.25, 0.3) is 0 Å². The zero-order valence-corrected chi connectivity index (χ0v) is 6.00. The first-order valence-electron chi connectivity index (χ1n) is 2.97. The minimum Gasteiger partial charge on any atom is -0.366 e. The summed E-state index contributed by atoms with van der Waals surface area (Å²) in [6.07, 6.45) is 6.60. The van der Waals surface area contributed by atoms with Crippen LogP contribution in [-0.2, 0) is 4.79 Å². The average molecular weight is 137 g/mol. The molecule has 54 valence electrons. The van der Waals surface area contributed by atoms with Gasteiger partial charge in [-0.3, -0.25) is 4.79 Å². The summed E-state index contributed by atoms with van der Waals surface area (Å²) < 4.78 is 0. The fourth-order valence-corrected chi connectivity index (χ4v) is 0.451. The highest BCUT2D eigenvalue weighted by Gasteiger charge is 1.94. The minimum absolute atomic E-state index is 0.429. The molecule has 0 aliphatic heterocycles. The molecule has 0 saturated carbocycles. The Bertz CT molecular complexity index is 189. The topological polar surface area (TPSA) is 43.1 Å². The van der Waals surface area contributed by atoms with Gasteiger partial charge in [-0.15, -0.1) is 0 Å². The molecule has 0 unspecified atom stereocenters. The van der Waals surface area contributed by atoms with E-state index in [-0.39, 0.29) is 0 Å². The first-order chi connectivity index (χ1) is 4.72. The van der Waals surface area contributed by atoms with E-state index in [9.17, 15) is 4.79 Å². The van der Waals surface area contributed by atoms with E-state index in [1.54, 1.807) is 12.2 Å². The lowest BCUT2D eigenvalue weighted by Crippen LogP contribution is -2.11. The first-order valence-corrected chi connectivity index (χ1v) is 2.97. The molecule has 0 atom stereocenters. The number of hydrogen-bond acceptors (Lipinski definition) is 1. The van der Waals surface area contributed by atoms with Gasteiger partial charge in [-0.05, 0) is 13.0 Å². The number of hydrogen-bond donors (Lipinski definition) is 1. The molecule has 0 rings (SSSR count). The van der Waals surface area contributed by atoms with E-state index >= 15 is 0 Å². The lowest BCUT2D eigenvalue weighted by molar-refractivity contribution is -0.114. The predicted molar refractivity (Wildman–Crippen MR) is 42.3 cm³/mol. The highest BCUT2D eigenvalue weighted by molar-refractivity contribution is 5.94. The number of primary amides is 1. The molecule has 10 heavy (non-hydrogen) atoms. The Morgan fingerprint density at radius 1 is 1.60 bits per heavy atom. The summed E-state index contributed by atoms with van der Waals surface area (Å²) in [5.41, 5.74) is 5.40. The van der Waals surface area contributed by atoms with Crippen molar-refractivity contribution in [3.63, 3.8) is 0 Å². The van der Waals surface area contributed by atoms with Crippen molar-refractivity contribution >= 4 is 5.91 Å². The fraction of sp³-hybridized carbons (Fsp3) is 0.125. The van der Waals surface area contributed by atoms with Crippen molar-refractivity contribution in [2.75, 3.05) is 0 Å². The molecule has 0 bridgehead atoms. The summed E-state index contributed by atoms with van der Waals surface area (Å²) in [5.74, 6) is -0.451.